The molecule has 5 nitrogen and oxygen atoms in total. The van der Waals surface area contributed by atoms with Gasteiger partial charge in [0.15, 0.2) is 0 Å². The summed E-state index contributed by atoms with van der Waals surface area (Å²) < 4.78 is 0.665. The lowest BCUT2D eigenvalue weighted by Gasteiger charge is -2.22. The van der Waals surface area contributed by atoms with E-state index >= 15 is 0 Å². The molecule has 170 valence electrons. The molecule has 0 bridgehead atoms. The highest BCUT2D eigenvalue weighted by Gasteiger charge is 2.41. The molecule has 1 saturated carbocycles. The van der Waals surface area contributed by atoms with Gasteiger partial charge in [0, 0.05) is 35.1 Å². The van der Waals surface area contributed by atoms with Crippen LogP contribution in [0.2, 0.25) is 0 Å². The molecule has 2 amide bonds. The smallest absolute Gasteiger partial charge is 0.266 e. The molecule has 5 rings (SSSR count). The molecule has 0 atom stereocenters. The van der Waals surface area contributed by atoms with Crippen molar-refractivity contribution in [2.24, 2.45) is 0 Å². The zero-order valence-corrected chi connectivity index (χ0v) is 20.5. The monoisotopic (exact) mass is 477 g/mol. The highest BCUT2D eigenvalue weighted by Crippen LogP contribution is 2.45. The van der Waals surface area contributed by atoms with Crippen LogP contribution in [0.1, 0.15) is 42.4 Å². The van der Waals surface area contributed by atoms with Gasteiger partial charge in [-0.25, -0.2) is 0 Å². The molecule has 7 heteroatoms. The van der Waals surface area contributed by atoms with Crippen LogP contribution < -0.4 is 10.2 Å². The highest BCUT2D eigenvalue weighted by atomic mass is 32.2. The predicted octanol–water partition coefficient (Wildman–Crippen LogP) is 5.28. The number of carbonyl (C=O) groups excluding carboxylic acids is 2. The first-order valence-electron chi connectivity index (χ1n) is 11.4. The molecule has 2 heterocycles. The zero-order chi connectivity index (χ0) is 23.1. The third kappa shape index (κ3) is 4.20. The zero-order valence-electron chi connectivity index (χ0n) is 18.9. The van der Waals surface area contributed by atoms with Crippen LogP contribution in [0.15, 0.2) is 47.4 Å². The van der Waals surface area contributed by atoms with Gasteiger partial charge in [-0.1, -0.05) is 72.7 Å². The maximum Gasteiger partial charge on any atom is 0.266 e. The fourth-order valence-corrected chi connectivity index (χ4v) is 6.53. The van der Waals surface area contributed by atoms with Gasteiger partial charge in [0.25, 0.3) is 5.91 Å². The van der Waals surface area contributed by atoms with Crippen LogP contribution in [-0.4, -0.2) is 40.2 Å². The predicted molar refractivity (Wildman–Crippen MR) is 139 cm³/mol. The number of hydrogen-bond acceptors (Lipinski definition) is 5. The Hall–Kier alpha value is -2.64. The van der Waals surface area contributed by atoms with Crippen LogP contribution in [0.25, 0.3) is 5.57 Å². The Labute approximate surface area is 204 Å². The summed E-state index contributed by atoms with van der Waals surface area (Å²) in [5, 5.41) is 3.04. The number of fused-ring (bicyclic) bond motifs is 1. The van der Waals surface area contributed by atoms with Gasteiger partial charge in [-0.05, 0) is 44.4 Å². The van der Waals surface area contributed by atoms with E-state index < -0.39 is 0 Å². The molecule has 0 aromatic heterocycles. The molecular weight excluding hydrogens is 450 g/mol. The second-order valence-electron chi connectivity index (χ2n) is 9.03. The summed E-state index contributed by atoms with van der Waals surface area (Å²) in [7, 11) is 0. The van der Waals surface area contributed by atoms with E-state index in [1.165, 1.54) is 17.3 Å². The Kier molecular flexibility index (Phi) is 6.01. The summed E-state index contributed by atoms with van der Waals surface area (Å²) >= 11 is 7.03. The van der Waals surface area contributed by atoms with Crippen LogP contribution in [0.5, 0.6) is 0 Å². The molecule has 2 fully saturated rings. The average Bonchev–Trinajstić information content (AvgIpc) is 3.49. The number of anilines is 2. The maximum absolute atomic E-state index is 13.4. The number of carbonyl (C=O) groups is 2. The Bertz CT molecular complexity index is 1180. The van der Waals surface area contributed by atoms with Crippen molar-refractivity contribution in [3.63, 3.8) is 0 Å². The topological polar surface area (TPSA) is 52.7 Å². The third-order valence-electron chi connectivity index (χ3n) is 6.67. The standard InChI is InChI=1S/C26H27N3O2S2/c1-16-11-12-21(17(2)13-16)27-23(30)15-28-14-20(19-9-5-6-10-22(19)28)24-25(31)29(26(32)33-24)18-7-3-4-8-18/h5-6,9-13,18H,3-4,7-8,14-15H2,1-2H3,(H,27,30)/b24-20+. The largest absolute Gasteiger partial charge is 0.357 e. The number of rotatable bonds is 4. The minimum atomic E-state index is -0.0727. The number of nitrogens with zero attached hydrogens (tertiary/aromatic N) is 2. The van der Waals surface area contributed by atoms with E-state index in [1.807, 2.05) is 60.0 Å². The van der Waals surface area contributed by atoms with E-state index in [0.717, 1.165) is 58.7 Å². The average molecular weight is 478 g/mol. The summed E-state index contributed by atoms with van der Waals surface area (Å²) in [6, 6.07) is 14.2. The summed E-state index contributed by atoms with van der Waals surface area (Å²) in [5.74, 6) is -0.0419. The number of thiocarbonyl (C=S) groups is 1. The second-order valence-corrected chi connectivity index (χ2v) is 10.7. The SMILES string of the molecule is Cc1ccc(NC(=O)CN2C/C(=C3\SC(=S)N(C4CCCC4)C3=O)c3ccccc32)c(C)c1. The quantitative estimate of drug-likeness (QED) is 0.480. The van der Waals surface area contributed by atoms with Crippen LogP contribution in [0.3, 0.4) is 0 Å². The maximum atomic E-state index is 13.4. The van der Waals surface area contributed by atoms with Gasteiger partial charge in [-0.15, -0.1) is 0 Å². The summed E-state index contributed by atoms with van der Waals surface area (Å²) in [6.07, 6.45) is 4.35. The van der Waals surface area contributed by atoms with Crippen LogP contribution in [0.4, 0.5) is 11.4 Å². The second kappa shape index (κ2) is 8.95. The lowest BCUT2D eigenvalue weighted by Crippen LogP contribution is -2.37. The van der Waals surface area contributed by atoms with E-state index in [2.05, 4.69) is 11.4 Å². The Balaban J connectivity index is 1.39. The normalized spacial score (nSPS) is 20.7. The number of thioether (sulfide) groups is 1. The van der Waals surface area contributed by atoms with Gasteiger partial charge in [0.2, 0.25) is 5.91 Å². The van der Waals surface area contributed by atoms with Gasteiger partial charge in [-0.3, -0.25) is 14.5 Å². The van der Waals surface area contributed by atoms with Crippen molar-refractivity contribution in [2.75, 3.05) is 23.3 Å². The molecule has 1 aliphatic carbocycles. The molecule has 1 N–H and O–H groups in total. The number of benzene rings is 2. The van der Waals surface area contributed by atoms with Gasteiger partial charge in [-0.2, -0.15) is 0 Å². The first-order chi connectivity index (χ1) is 15.9. The number of aryl methyl sites for hydroxylation is 2. The first kappa shape index (κ1) is 22.2. The number of nitrogens with one attached hydrogen (secondary N) is 1. The van der Waals surface area contributed by atoms with Crippen molar-refractivity contribution in [2.45, 2.75) is 45.6 Å². The molecular formula is C26H27N3O2S2. The van der Waals surface area contributed by atoms with E-state index in [9.17, 15) is 9.59 Å². The first-order valence-corrected chi connectivity index (χ1v) is 12.6. The van der Waals surface area contributed by atoms with Gasteiger partial charge >= 0.3 is 0 Å². The van der Waals surface area contributed by atoms with Crippen molar-refractivity contribution < 1.29 is 9.59 Å². The summed E-state index contributed by atoms with van der Waals surface area (Å²) in [5.41, 5.74) is 6.01. The molecule has 2 aromatic carbocycles. The van der Waals surface area contributed by atoms with Crippen molar-refractivity contribution >= 4 is 57.1 Å². The van der Waals surface area contributed by atoms with Crippen LogP contribution in [-0.2, 0) is 9.59 Å². The van der Waals surface area contributed by atoms with Crippen molar-refractivity contribution in [3.8, 4) is 0 Å². The summed E-state index contributed by atoms with van der Waals surface area (Å²) in [4.78, 5) is 30.9. The van der Waals surface area contributed by atoms with E-state index in [4.69, 9.17) is 12.2 Å². The highest BCUT2D eigenvalue weighted by molar-refractivity contribution is 8.26. The van der Waals surface area contributed by atoms with E-state index in [0.29, 0.717) is 10.9 Å². The molecule has 2 aromatic rings. The number of hydrogen-bond donors (Lipinski definition) is 1. The van der Waals surface area contributed by atoms with Gasteiger partial charge in [0.05, 0.1) is 11.4 Å². The van der Waals surface area contributed by atoms with Gasteiger partial charge < -0.3 is 10.2 Å². The van der Waals surface area contributed by atoms with Crippen molar-refractivity contribution in [3.05, 3.63) is 64.1 Å². The Morgan fingerprint density at radius 3 is 2.67 bits per heavy atom. The molecule has 0 radical (unpaired) electrons. The third-order valence-corrected chi connectivity index (χ3v) is 8.12. The molecule has 2 aliphatic heterocycles. The minimum absolute atomic E-state index is 0.0308. The molecule has 0 spiro atoms. The lowest BCUT2D eigenvalue weighted by molar-refractivity contribution is -0.123. The van der Waals surface area contributed by atoms with Crippen molar-refractivity contribution in [1.29, 1.82) is 0 Å². The molecule has 3 aliphatic rings. The summed E-state index contributed by atoms with van der Waals surface area (Å²) in [6.45, 7) is 4.78. The fraction of sp³-hybridized carbons (Fsp3) is 0.346. The number of amides is 2. The Morgan fingerprint density at radius 1 is 1.15 bits per heavy atom. The number of para-hydroxylation sites is 1. The van der Waals surface area contributed by atoms with E-state index in [-0.39, 0.29) is 24.4 Å². The molecule has 0 unspecified atom stereocenters. The molecule has 33 heavy (non-hydrogen) atoms. The molecule has 1 saturated heterocycles. The Morgan fingerprint density at radius 2 is 1.91 bits per heavy atom. The lowest BCUT2D eigenvalue weighted by atomic mass is 10.1. The van der Waals surface area contributed by atoms with Crippen molar-refractivity contribution in [1.82, 2.24) is 4.90 Å². The van der Waals surface area contributed by atoms with Crippen LogP contribution in [0, 0.1) is 13.8 Å². The fourth-order valence-electron chi connectivity index (χ4n) is 5.06. The van der Waals surface area contributed by atoms with Gasteiger partial charge in [0.1, 0.15) is 4.32 Å². The van der Waals surface area contributed by atoms with E-state index in [1.54, 1.807) is 0 Å². The van der Waals surface area contributed by atoms with Crippen LogP contribution >= 0.6 is 24.0 Å². The minimum Gasteiger partial charge on any atom is -0.357 e.